The molecule has 0 saturated carbocycles. The fraction of sp³-hybridized carbons (Fsp3) is 0. The predicted molar refractivity (Wildman–Crippen MR) is 100 cm³/mol. The number of urea groups is 1. The lowest BCUT2D eigenvalue weighted by molar-refractivity contribution is 0.262. The Labute approximate surface area is 151 Å². The van der Waals surface area contributed by atoms with Gasteiger partial charge in [0.05, 0.1) is 17.4 Å². The van der Waals surface area contributed by atoms with Gasteiger partial charge in [-0.2, -0.15) is 5.10 Å². The van der Waals surface area contributed by atoms with E-state index in [0.29, 0.717) is 22.3 Å². The summed E-state index contributed by atoms with van der Waals surface area (Å²) in [6.07, 6.45) is 6.49. The minimum Gasteiger partial charge on any atom is -0.308 e. The zero-order valence-corrected chi connectivity index (χ0v) is 14.1. The van der Waals surface area contributed by atoms with Crippen molar-refractivity contribution in [2.24, 2.45) is 4.99 Å². The molecule has 1 aromatic carbocycles. The molecule has 0 bridgehead atoms. The van der Waals surface area contributed by atoms with Crippen molar-refractivity contribution in [1.82, 2.24) is 25.1 Å². The fourth-order valence-electron chi connectivity index (χ4n) is 2.23. The number of benzene rings is 1. The van der Waals surface area contributed by atoms with Gasteiger partial charge in [0.1, 0.15) is 0 Å². The maximum absolute atomic E-state index is 12.0. The Bertz CT molecular complexity index is 1060. The number of aliphatic imine (C=N–C) groups is 1. The highest BCUT2D eigenvalue weighted by molar-refractivity contribution is 7.13. The van der Waals surface area contributed by atoms with Crippen LogP contribution in [0.5, 0.6) is 0 Å². The predicted octanol–water partition coefficient (Wildman–Crippen LogP) is 3.20. The van der Waals surface area contributed by atoms with Crippen molar-refractivity contribution in [2.75, 3.05) is 10.6 Å². The Morgan fingerprint density at radius 1 is 1.15 bits per heavy atom. The topological polar surface area (TPSA) is 121 Å². The standard InChI is InChI=1S/C16H12N8OS/c25-15(22-16-19-6-7-26-16)21-10-2-3-11-12(8-10)23-24-13(11)9-20-14-17-4-1-5-18-14/h1-9H,(H,23,24)(H2,19,21,22,25)/b20-9+. The van der Waals surface area contributed by atoms with Crippen molar-refractivity contribution >= 4 is 51.3 Å². The van der Waals surface area contributed by atoms with Crippen LogP contribution < -0.4 is 10.6 Å². The molecule has 0 aliphatic carbocycles. The van der Waals surface area contributed by atoms with Crippen LogP contribution in [-0.2, 0) is 0 Å². The van der Waals surface area contributed by atoms with E-state index < -0.39 is 0 Å². The number of nitrogens with zero attached hydrogens (tertiary/aromatic N) is 5. The third kappa shape index (κ3) is 3.54. The lowest BCUT2D eigenvalue weighted by Gasteiger charge is -2.05. The van der Waals surface area contributed by atoms with Crippen molar-refractivity contribution in [2.45, 2.75) is 0 Å². The molecule has 0 saturated heterocycles. The van der Waals surface area contributed by atoms with Gasteiger partial charge in [0.2, 0.25) is 5.95 Å². The summed E-state index contributed by atoms with van der Waals surface area (Å²) in [6, 6.07) is 6.77. The second-order valence-corrected chi connectivity index (χ2v) is 5.99. The zero-order valence-electron chi connectivity index (χ0n) is 13.2. The van der Waals surface area contributed by atoms with Crippen LogP contribution in [0.15, 0.2) is 53.2 Å². The molecule has 0 atom stereocenters. The smallest absolute Gasteiger partial charge is 0.308 e. The number of fused-ring (bicyclic) bond motifs is 1. The van der Waals surface area contributed by atoms with E-state index in [-0.39, 0.29) is 6.03 Å². The SMILES string of the molecule is O=C(Nc1ccc2c(/C=N/c3ncccn3)[nH]nc2c1)Nc1nccs1. The van der Waals surface area contributed by atoms with E-state index >= 15 is 0 Å². The molecule has 10 heteroatoms. The molecule has 0 aliphatic rings. The van der Waals surface area contributed by atoms with E-state index in [1.54, 1.807) is 48.4 Å². The molecule has 0 spiro atoms. The molecule has 3 N–H and O–H groups in total. The Hall–Kier alpha value is -3.66. The molecule has 0 radical (unpaired) electrons. The van der Waals surface area contributed by atoms with Crippen LogP contribution in [0.3, 0.4) is 0 Å². The van der Waals surface area contributed by atoms with E-state index in [1.165, 1.54) is 11.3 Å². The van der Waals surface area contributed by atoms with Gasteiger partial charge in [-0.15, -0.1) is 11.3 Å². The highest BCUT2D eigenvalue weighted by Gasteiger charge is 2.08. The number of H-pyrrole nitrogens is 1. The van der Waals surface area contributed by atoms with Crippen LogP contribution in [0.1, 0.15) is 5.69 Å². The van der Waals surface area contributed by atoms with Crippen LogP contribution in [0.4, 0.5) is 21.6 Å². The molecule has 0 aliphatic heterocycles. The van der Waals surface area contributed by atoms with E-state index in [4.69, 9.17) is 0 Å². The first-order chi connectivity index (χ1) is 12.8. The molecule has 3 aromatic heterocycles. The molecule has 26 heavy (non-hydrogen) atoms. The van der Waals surface area contributed by atoms with Gasteiger partial charge >= 0.3 is 6.03 Å². The van der Waals surface area contributed by atoms with Crippen LogP contribution >= 0.6 is 11.3 Å². The summed E-state index contributed by atoms with van der Waals surface area (Å²) in [4.78, 5) is 28.2. The number of thiazole rings is 1. The van der Waals surface area contributed by atoms with Crippen molar-refractivity contribution in [1.29, 1.82) is 0 Å². The number of hydrogen-bond donors (Lipinski definition) is 3. The quantitative estimate of drug-likeness (QED) is 0.480. The normalized spacial score (nSPS) is 11.1. The van der Waals surface area contributed by atoms with E-state index in [1.807, 2.05) is 6.07 Å². The van der Waals surface area contributed by atoms with Gasteiger partial charge in [-0.1, -0.05) is 0 Å². The number of aromatic nitrogens is 5. The molecular formula is C16H12N8OS. The Morgan fingerprint density at radius 2 is 2.04 bits per heavy atom. The summed E-state index contributed by atoms with van der Waals surface area (Å²) in [5.41, 5.74) is 2.05. The molecule has 0 fully saturated rings. The summed E-state index contributed by atoms with van der Waals surface area (Å²) in [7, 11) is 0. The number of nitrogens with one attached hydrogen (secondary N) is 3. The number of hydrogen-bond acceptors (Lipinski definition) is 7. The summed E-state index contributed by atoms with van der Waals surface area (Å²) < 4.78 is 0. The number of aromatic amines is 1. The van der Waals surface area contributed by atoms with Crippen LogP contribution in [0.2, 0.25) is 0 Å². The fourth-order valence-corrected chi connectivity index (χ4v) is 2.76. The number of carbonyl (C=O) groups excluding carboxylic acids is 1. The van der Waals surface area contributed by atoms with Gasteiger partial charge in [-0.3, -0.25) is 10.4 Å². The van der Waals surface area contributed by atoms with Crippen LogP contribution in [0, 0.1) is 0 Å². The van der Waals surface area contributed by atoms with Gasteiger partial charge < -0.3 is 5.32 Å². The highest BCUT2D eigenvalue weighted by atomic mass is 32.1. The van der Waals surface area contributed by atoms with Gasteiger partial charge in [0.15, 0.2) is 5.13 Å². The number of anilines is 2. The highest BCUT2D eigenvalue weighted by Crippen LogP contribution is 2.20. The lowest BCUT2D eigenvalue weighted by Crippen LogP contribution is -2.19. The Kier molecular flexibility index (Phi) is 4.31. The molecule has 4 aromatic rings. The van der Waals surface area contributed by atoms with Crippen molar-refractivity contribution < 1.29 is 4.79 Å². The molecule has 128 valence electrons. The second kappa shape index (κ2) is 7.07. The third-order valence-electron chi connectivity index (χ3n) is 3.36. The second-order valence-electron chi connectivity index (χ2n) is 5.09. The first kappa shape index (κ1) is 15.8. The van der Waals surface area contributed by atoms with E-state index in [0.717, 1.165) is 11.1 Å². The first-order valence-corrected chi connectivity index (χ1v) is 8.42. The molecule has 2 amide bonds. The number of amides is 2. The summed E-state index contributed by atoms with van der Waals surface area (Å²) >= 11 is 1.35. The van der Waals surface area contributed by atoms with E-state index in [9.17, 15) is 4.79 Å². The number of carbonyl (C=O) groups is 1. The molecule has 9 nitrogen and oxygen atoms in total. The molecule has 3 heterocycles. The Balaban J connectivity index is 1.50. The number of rotatable bonds is 4. The largest absolute Gasteiger partial charge is 0.325 e. The van der Waals surface area contributed by atoms with Gasteiger partial charge in [-0.25, -0.2) is 24.7 Å². The first-order valence-electron chi connectivity index (χ1n) is 7.55. The van der Waals surface area contributed by atoms with Crippen LogP contribution in [0.25, 0.3) is 10.9 Å². The average molecular weight is 364 g/mol. The Morgan fingerprint density at radius 3 is 2.85 bits per heavy atom. The minimum atomic E-state index is -0.363. The van der Waals surface area contributed by atoms with Crippen molar-refractivity contribution in [3.05, 3.63) is 53.9 Å². The monoisotopic (exact) mass is 364 g/mol. The molecule has 0 unspecified atom stereocenters. The summed E-state index contributed by atoms with van der Waals surface area (Å²) in [5.74, 6) is 0.368. The average Bonchev–Trinajstić information content (AvgIpc) is 3.30. The zero-order chi connectivity index (χ0) is 17.8. The minimum absolute atomic E-state index is 0.363. The third-order valence-corrected chi connectivity index (χ3v) is 4.05. The molecule has 4 rings (SSSR count). The van der Waals surface area contributed by atoms with Gasteiger partial charge in [-0.05, 0) is 24.3 Å². The maximum Gasteiger partial charge on any atom is 0.325 e. The van der Waals surface area contributed by atoms with Crippen molar-refractivity contribution in [3.8, 4) is 0 Å². The summed E-state index contributed by atoms with van der Waals surface area (Å²) in [6.45, 7) is 0. The van der Waals surface area contributed by atoms with Gasteiger partial charge in [0.25, 0.3) is 0 Å². The maximum atomic E-state index is 12.0. The van der Waals surface area contributed by atoms with Crippen LogP contribution in [-0.4, -0.2) is 37.4 Å². The summed E-state index contributed by atoms with van der Waals surface area (Å²) in [5, 5.41) is 15.7. The van der Waals surface area contributed by atoms with E-state index in [2.05, 4.69) is 40.8 Å². The van der Waals surface area contributed by atoms with Gasteiger partial charge in [0, 0.05) is 35.0 Å². The lowest BCUT2D eigenvalue weighted by atomic mass is 10.2. The molecular weight excluding hydrogens is 352 g/mol. The van der Waals surface area contributed by atoms with Crippen molar-refractivity contribution in [3.63, 3.8) is 0 Å².